The fourth-order valence-corrected chi connectivity index (χ4v) is 5.40. The van der Waals surface area contributed by atoms with Gasteiger partial charge < -0.3 is 15.0 Å². The Hall–Kier alpha value is -3.56. The van der Waals surface area contributed by atoms with E-state index in [1.54, 1.807) is 36.4 Å². The van der Waals surface area contributed by atoms with Gasteiger partial charge in [-0.3, -0.25) is 13.9 Å². The van der Waals surface area contributed by atoms with Crippen LogP contribution in [0.3, 0.4) is 0 Å². The molecule has 0 aromatic heterocycles. The molecule has 0 saturated heterocycles. The maximum atomic E-state index is 14.1. The van der Waals surface area contributed by atoms with Crippen LogP contribution in [0, 0.1) is 6.92 Å². The van der Waals surface area contributed by atoms with E-state index in [0.29, 0.717) is 22.9 Å². The van der Waals surface area contributed by atoms with Crippen LogP contribution in [0.5, 0.6) is 5.75 Å². The number of halogens is 1. The fourth-order valence-electron chi connectivity index (χ4n) is 4.34. The number of hydrogen-bond acceptors (Lipinski definition) is 5. The number of sulfonamides is 1. The molecular weight excluding hydrogens is 550 g/mol. The minimum Gasteiger partial charge on any atom is -0.495 e. The van der Waals surface area contributed by atoms with Gasteiger partial charge in [0.1, 0.15) is 18.3 Å². The highest BCUT2D eigenvalue weighted by atomic mass is 35.5. The van der Waals surface area contributed by atoms with E-state index in [2.05, 4.69) is 5.32 Å². The van der Waals surface area contributed by atoms with Crippen LogP contribution in [0.15, 0.2) is 72.8 Å². The molecule has 214 valence electrons. The molecule has 3 aromatic carbocycles. The lowest BCUT2D eigenvalue weighted by molar-refractivity contribution is -0.140. The first-order valence-electron chi connectivity index (χ1n) is 13.0. The van der Waals surface area contributed by atoms with Crippen molar-refractivity contribution >= 4 is 39.1 Å². The third-order valence-electron chi connectivity index (χ3n) is 6.34. The van der Waals surface area contributed by atoms with Gasteiger partial charge in [-0.15, -0.1) is 0 Å². The van der Waals surface area contributed by atoms with Crippen molar-refractivity contribution in [2.75, 3.05) is 30.8 Å². The van der Waals surface area contributed by atoms with E-state index in [1.165, 1.54) is 12.0 Å². The molecule has 0 bridgehead atoms. The largest absolute Gasteiger partial charge is 0.495 e. The predicted molar refractivity (Wildman–Crippen MR) is 159 cm³/mol. The van der Waals surface area contributed by atoms with Crippen LogP contribution in [-0.2, 0) is 32.6 Å². The number of anilines is 1. The summed E-state index contributed by atoms with van der Waals surface area (Å²) in [7, 11) is -2.47. The molecule has 0 radical (unpaired) electrons. The van der Waals surface area contributed by atoms with Gasteiger partial charge in [0.05, 0.1) is 19.1 Å². The molecule has 3 rings (SSSR count). The Bertz CT molecular complexity index is 1420. The zero-order chi connectivity index (χ0) is 29.3. The second kappa shape index (κ2) is 14.2. The van der Waals surface area contributed by atoms with Crippen molar-refractivity contribution in [1.82, 2.24) is 10.2 Å². The van der Waals surface area contributed by atoms with Crippen molar-refractivity contribution in [3.05, 3.63) is 94.5 Å². The monoisotopic (exact) mass is 585 g/mol. The molecule has 0 aliphatic heterocycles. The van der Waals surface area contributed by atoms with Gasteiger partial charge in [-0.25, -0.2) is 8.42 Å². The number of nitrogens with one attached hydrogen (secondary N) is 1. The van der Waals surface area contributed by atoms with E-state index in [1.807, 2.05) is 50.2 Å². The number of ether oxygens (including phenoxy) is 1. The van der Waals surface area contributed by atoms with Gasteiger partial charge in [0.2, 0.25) is 21.8 Å². The Morgan fingerprint density at radius 3 is 2.33 bits per heavy atom. The van der Waals surface area contributed by atoms with Gasteiger partial charge in [0.25, 0.3) is 0 Å². The molecule has 1 N–H and O–H groups in total. The standard InChI is InChI=1S/C30H36ClN3O5S/c1-5-16-32-30(36)27(19-23-10-7-6-8-11-23)33(20-24-12-9-13-25(31)18-24)29(35)21-34(40(4,37)38)26-17-22(2)14-15-28(26)39-3/h6-15,17-18,27H,5,16,19-21H2,1-4H3,(H,32,36). The molecule has 1 unspecified atom stereocenters. The van der Waals surface area contributed by atoms with E-state index >= 15 is 0 Å². The number of hydrogen-bond donors (Lipinski definition) is 1. The van der Waals surface area contributed by atoms with Crippen LogP contribution in [0.4, 0.5) is 5.69 Å². The van der Waals surface area contributed by atoms with Crippen molar-refractivity contribution in [1.29, 1.82) is 0 Å². The lowest BCUT2D eigenvalue weighted by atomic mass is 10.0. The topological polar surface area (TPSA) is 96.0 Å². The number of methoxy groups -OCH3 is 1. The van der Waals surface area contributed by atoms with Gasteiger partial charge in [-0.1, -0.05) is 67.1 Å². The quantitative estimate of drug-likeness (QED) is 0.317. The molecule has 3 aromatic rings. The third-order valence-corrected chi connectivity index (χ3v) is 7.71. The second-order valence-electron chi connectivity index (χ2n) is 9.59. The van der Waals surface area contributed by atoms with Crippen molar-refractivity contribution in [2.24, 2.45) is 0 Å². The summed E-state index contributed by atoms with van der Waals surface area (Å²) in [4.78, 5) is 29.1. The summed E-state index contributed by atoms with van der Waals surface area (Å²) in [6.07, 6.45) is 2.01. The van der Waals surface area contributed by atoms with E-state index in [9.17, 15) is 18.0 Å². The minimum atomic E-state index is -3.91. The summed E-state index contributed by atoms with van der Waals surface area (Å²) in [5.74, 6) is -0.548. The highest BCUT2D eigenvalue weighted by Gasteiger charge is 2.33. The minimum absolute atomic E-state index is 0.0546. The fraction of sp³-hybridized carbons (Fsp3) is 0.333. The third kappa shape index (κ3) is 8.47. The summed E-state index contributed by atoms with van der Waals surface area (Å²) >= 11 is 6.24. The maximum absolute atomic E-state index is 14.1. The summed E-state index contributed by atoms with van der Waals surface area (Å²) < 4.78 is 32.5. The smallest absolute Gasteiger partial charge is 0.244 e. The van der Waals surface area contributed by atoms with Crippen LogP contribution < -0.4 is 14.4 Å². The molecule has 10 heteroatoms. The maximum Gasteiger partial charge on any atom is 0.244 e. The molecule has 8 nitrogen and oxygen atoms in total. The molecular formula is C30H36ClN3O5S. The SMILES string of the molecule is CCCNC(=O)C(Cc1ccccc1)N(Cc1cccc(Cl)c1)C(=O)CN(c1cc(C)ccc1OC)S(C)(=O)=O. The number of aryl methyl sites for hydroxylation is 1. The number of benzene rings is 3. The highest BCUT2D eigenvalue weighted by molar-refractivity contribution is 7.92. The number of amides is 2. The van der Waals surface area contributed by atoms with E-state index in [-0.39, 0.29) is 24.6 Å². The molecule has 0 spiro atoms. The Labute approximate surface area is 241 Å². The first-order valence-corrected chi connectivity index (χ1v) is 15.2. The molecule has 0 saturated carbocycles. The molecule has 0 aliphatic rings. The zero-order valence-corrected chi connectivity index (χ0v) is 24.8. The first kappa shape index (κ1) is 31.0. The molecule has 2 amide bonds. The molecule has 0 fully saturated rings. The van der Waals surface area contributed by atoms with Gasteiger partial charge in [0.15, 0.2) is 0 Å². The van der Waals surface area contributed by atoms with Gasteiger partial charge in [-0.05, 0) is 54.3 Å². The van der Waals surface area contributed by atoms with E-state index in [4.69, 9.17) is 16.3 Å². The Morgan fingerprint density at radius 1 is 1.00 bits per heavy atom. The Balaban J connectivity index is 2.08. The predicted octanol–water partition coefficient (Wildman–Crippen LogP) is 4.59. The van der Waals surface area contributed by atoms with Crippen molar-refractivity contribution in [3.63, 3.8) is 0 Å². The molecule has 0 heterocycles. The van der Waals surface area contributed by atoms with Crippen molar-refractivity contribution in [3.8, 4) is 5.75 Å². The highest BCUT2D eigenvalue weighted by Crippen LogP contribution is 2.31. The lowest BCUT2D eigenvalue weighted by Crippen LogP contribution is -2.53. The van der Waals surface area contributed by atoms with Crippen LogP contribution >= 0.6 is 11.6 Å². The number of rotatable bonds is 13. The normalized spacial score (nSPS) is 11.9. The first-order chi connectivity index (χ1) is 19.0. The summed E-state index contributed by atoms with van der Waals surface area (Å²) in [5.41, 5.74) is 2.62. The van der Waals surface area contributed by atoms with Gasteiger partial charge >= 0.3 is 0 Å². The van der Waals surface area contributed by atoms with Crippen LogP contribution in [-0.4, -0.2) is 57.6 Å². The van der Waals surface area contributed by atoms with Crippen molar-refractivity contribution in [2.45, 2.75) is 39.3 Å². The van der Waals surface area contributed by atoms with E-state index < -0.39 is 28.5 Å². The zero-order valence-electron chi connectivity index (χ0n) is 23.3. The van der Waals surface area contributed by atoms with Gasteiger partial charge in [-0.2, -0.15) is 0 Å². The molecule has 40 heavy (non-hydrogen) atoms. The average molecular weight is 586 g/mol. The van der Waals surface area contributed by atoms with Crippen molar-refractivity contribution < 1.29 is 22.7 Å². The number of carbonyl (C=O) groups excluding carboxylic acids is 2. The summed E-state index contributed by atoms with van der Waals surface area (Å²) in [6, 6.07) is 20.6. The molecule has 0 aliphatic carbocycles. The molecule has 1 atom stereocenters. The van der Waals surface area contributed by atoms with E-state index in [0.717, 1.165) is 28.1 Å². The lowest BCUT2D eigenvalue weighted by Gasteiger charge is -2.33. The van der Waals surface area contributed by atoms with Gasteiger partial charge in [0, 0.05) is 24.5 Å². The van der Waals surface area contributed by atoms with Crippen LogP contribution in [0.25, 0.3) is 0 Å². The summed E-state index contributed by atoms with van der Waals surface area (Å²) in [5, 5.41) is 3.40. The number of carbonyl (C=O) groups is 2. The average Bonchev–Trinajstić information content (AvgIpc) is 2.92. The summed E-state index contributed by atoms with van der Waals surface area (Å²) in [6.45, 7) is 3.75. The second-order valence-corrected chi connectivity index (χ2v) is 11.9. The Morgan fingerprint density at radius 2 is 1.70 bits per heavy atom. The van der Waals surface area contributed by atoms with Crippen LogP contribution in [0.2, 0.25) is 5.02 Å². The Kier molecular flexibility index (Phi) is 11.0. The van der Waals surface area contributed by atoms with Crippen LogP contribution in [0.1, 0.15) is 30.0 Å². The number of nitrogens with zero attached hydrogens (tertiary/aromatic N) is 2.